The van der Waals surface area contributed by atoms with E-state index in [0.29, 0.717) is 6.42 Å². The topological polar surface area (TPSA) is 231 Å². The van der Waals surface area contributed by atoms with Crippen LogP contribution in [0.2, 0.25) is 0 Å². The van der Waals surface area contributed by atoms with Gasteiger partial charge in [0.05, 0.1) is 20.3 Å². The number of azide groups is 1. The molecule has 15 heteroatoms. The third kappa shape index (κ3) is 6.00. The zero-order chi connectivity index (χ0) is 23.1. The highest BCUT2D eigenvalue weighted by atomic mass is 16.7. The van der Waals surface area contributed by atoms with E-state index >= 15 is 0 Å². The van der Waals surface area contributed by atoms with Gasteiger partial charge >= 0.3 is 0 Å². The fraction of sp³-hybridized carbons (Fsp3) is 1.00. The SMILES string of the molecule is CON(CCCN=[N+]=[N-])[C@@H]1OC(CO)[C@@H](O)[C@H](O[C@@H]2OC(CO)[C@@H](O)[C@H](O)C2O)C1O. The van der Waals surface area contributed by atoms with E-state index < -0.39 is 74.6 Å². The summed E-state index contributed by atoms with van der Waals surface area (Å²) in [7, 11) is 1.30. The molecular formula is C16H30N4O11. The van der Waals surface area contributed by atoms with Gasteiger partial charge < -0.3 is 50.0 Å². The average molecular weight is 454 g/mol. The summed E-state index contributed by atoms with van der Waals surface area (Å²) in [5.41, 5.74) is 8.35. The minimum atomic E-state index is -1.76. The number of ether oxygens (including phenoxy) is 3. The molecule has 0 aromatic heterocycles. The number of nitrogens with zero attached hydrogens (tertiary/aromatic N) is 4. The molecule has 180 valence electrons. The van der Waals surface area contributed by atoms with E-state index in [9.17, 15) is 35.7 Å². The second kappa shape index (κ2) is 12.2. The van der Waals surface area contributed by atoms with Gasteiger partial charge in [-0.3, -0.25) is 4.84 Å². The smallest absolute Gasteiger partial charge is 0.187 e. The van der Waals surface area contributed by atoms with E-state index in [1.807, 2.05) is 0 Å². The zero-order valence-electron chi connectivity index (χ0n) is 16.9. The summed E-state index contributed by atoms with van der Waals surface area (Å²) in [6.07, 6.45) is -14.7. The van der Waals surface area contributed by atoms with Crippen LogP contribution in [0.5, 0.6) is 0 Å². The first-order chi connectivity index (χ1) is 14.8. The van der Waals surface area contributed by atoms with Gasteiger partial charge in [0.1, 0.15) is 48.8 Å². The van der Waals surface area contributed by atoms with Gasteiger partial charge in [-0.25, -0.2) is 0 Å². The van der Waals surface area contributed by atoms with Crippen LogP contribution in [-0.4, -0.2) is 136 Å². The molecule has 7 N–H and O–H groups in total. The van der Waals surface area contributed by atoms with Gasteiger partial charge in [0.15, 0.2) is 12.5 Å². The molecule has 2 saturated heterocycles. The molecule has 31 heavy (non-hydrogen) atoms. The summed E-state index contributed by atoms with van der Waals surface area (Å²) in [5, 5.41) is 74.7. The van der Waals surface area contributed by atoms with Crippen molar-refractivity contribution < 1.29 is 54.8 Å². The summed E-state index contributed by atoms with van der Waals surface area (Å²) in [6, 6.07) is 0. The van der Waals surface area contributed by atoms with Crippen molar-refractivity contribution in [3.8, 4) is 0 Å². The minimum Gasteiger partial charge on any atom is -0.394 e. The lowest BCUT2D eigenvalue weighted by atomic mass is 9.96. The minimum absolute atomic E-state index is 0.149. The number of rotatable bonds is 10. The van der Waals surface area contributed by atoms with E-state index in [1.165, 1.54) is 12.2 Å². The number of aliphatic hydroxyl groups is 7. The fourth-order valence-electron chi connectivity index (χ4n) is 3.47. The maximum absolute atomic E-state index is 10.8. The van der Waals surface area contributed by atoms with Gasteiger partial charge in [-0.15, -0.1) is 0 Å². The molecule has 15 nitrogen and oxygen atoms in total. The first kappa shape index (κ1) is 26.1. The van der Waals surface area contributed by atoms with Gasteiger partial charge in [0.2, 0.25) is 0 Å². The molecule has 0 aliphatic carbocycles. The lowest BCUT2D eigenvalue weighted by Gasteiger charge is -2.47. The highest BCUT2D eigenvalue weighted by Gasteiger charge is 2.51. The van der Waals surface area contributed by atoms with E-state index in [-0.39, 0.29) is 13.1 Å². The molecular weight excluding hydrogens is 424 g/mol. The average Bonchev–Trinajstić information content (AvgIpc) is 2.77. The van der Waals surface area contributed by atoms with E-state index in [0.717, 1.165) is 0 Å². The molecule has 4 unspecified atom stereocenters. The Morgan fingerprint density at radius 1 is 0.935 bits per heavy atom. The third-order valence-electron chi connectivity index (χ3n) is 5.20. The molecule has 2 aliphatic heterocycles. The highest BCUT2D eigenvalue weighted by Crippen LogP contribution is 2.30. The molecule has 0 bridgehead atoms. The van der Waals surface area contributed by atoms with Gasteiger partial charge in [-0.05, 0) is 12.0 Å². The lowest BCUT2D eigenvalue weighted by Crippen LogP contribution is -2.66. The van der Waals surface area contributed by atoms with Crippen LogP contribution in [0.15, 0.2) is 5.11 Å². The van der Waals surface area contributed by atoms with Crippen molar-refractivity contribution in [1.82, 2.24) is 5.06 Å². The molecule has 0 amide bonds. The Morgan fingerprint density at radius 2 is 1.58 bits per heavy atom. The van der Waals surface area contributed by atoms with Crippen LogP contribution in [-0.2, 0) is 19.0 Å². The van der Waals surface area contributed by atoms with Crippen LogP contribution in [0.25, 0.3) is 10.4 Å². The molecule has 2 aliphatic rings. The molecule has 0 radical (unpaired) electrons. The predicted molar refractivity (Wildman–Crippen MR) is 98.7 cm³/mol. The van der Waals surface area contributed by atoms with E-state index in [2.05, 4.69) is 10.0 Å². The highest BCUT2D eigenvalue weighted by molar-refractivity contribution is 4.95. The Kier molecular flexibility index (Phi) is 10.2. The Morgan fingerprint density at radius 3 is 2.16 bits per heavy atom. The standard InChI is InChI=1S/C16H30N4O11/c1-28-20(4-2-3-18-19-17)15-13(27)14(10(24)8(6-22)29-15)31-16-12(26)11(25)9(23)7(5-21)30-16/h7-16,21-27H,2-6H2,1H3/t7?,8?,9-,10-,11+,12?,13?,14+,15-,16+/m1/s1. The molecule has 0 aromatic carbocycles. The van der Waals surface area contributed by atoms with Crippen LogP contribution in [0.3, 0.4) is 0 Å². The Hall–Kier alpha value is -1.17. The fourth-order valence-corrected chi connectivity index (χ4v) is 3.47. The summed E-state index contributed by atoms with van der Waals surface area (Å²) in [4.78, 5) is 7.84. The zero-order valence-corrected chi connectivity index (χ0v) is 16.9. The molecule has 2 rings (SSSR count). The van der Waals surface area contributed by atoms with Crippen molar-refractivity contribution in [2.24, 2.45) is 5.11 Å². The summed E-state index contributed by atoms with van der Waals surface area (Å²) >= 11 is 0. The van der Waals surface area contributed by atoms with Crippen molar-refractivity contribution >= 4 is 0 Å². The number of hydrogen-bond donors (Lipinski definition) is 7. The normalized spacial score (nSPS) is 41.2. The molecule has 2 fully saturated rings. The Balaban J connectivity index is 2.17. The van der Waals surface area contributed by atoms with Crippen LogP contribution in [0, 0.1) is 0 Å². The molecule has 2 heterocycles. The monoisotopic (exact) mass is 454 g/mol. The van der Waals surface area contributed by atoms with Crippen molar-refractivity contribution in [3.63, 3.8) is 0 Å². The molecule has 0 aromatic rings. The number of hydroxylamine groups is 2. The van der Waals surface area contributed by atoms with E-state index in [4.69, 9.17) is 24.6 Å². The molecule has 0 spiro atoms. The molecule has 0 saturated carbocycles. The quantitative estimate of drug-likeness (QED) is 0.0553. The summed E-state index contributed by atoms with van der Waals surface area (Å²) in [6.45, 7) is -1.03. The van der Waals surface area contributed by atoms with Gasteiger partial charge in [-0.1, -0.05) is 5.11 Å². The van der Waals surface area contributed by atoms with Crippen LogP contribution >= 0.6 is 0 Å². The lowest BCUT2D eigenvalue weighted by molar-refractivity contribution is -0.368. The maximum Gasteiger partial charge on any atom is 0.187 e. The summed E-state index contributed by atoms with van der Waals surface area (Å²) < 4.78 is 16.3. The van der Waals surface area contributed by atoms with Gasteiger partial charge in [0.25, 0.3) is 0 Å². The van der Waals surface area contributed by atoms with E-state index in [1.54, 1.807) is 0 Å². The maximum atomic E-state index is 10.8. The summed E-state index contributed by atoms with van der Waals surface area (Å²) in [5.74, 6) is 0. The predicted octanol–water partition coefficient (Wildman–Crippen LogP) is -3.83. The largest absolute Gasteiger partial charge is 0.394 e. The van der Waals surface area contributed by atoms with Crippen LogP contribution < -0.4 is 0 Å². The van der Waals surface area contributed by atoms with Gasteiger partial charge in [0, 0.05) is 18.0 Å². The number of hydrogen-bond acceptors (Lipinski definition) is 13. The van der Waals surface area contributed by atoms with Crippen molar-refractivity contribution in [3.05, 3.63) is 10.4 Å². The van der Waals surface area contributed by atoms with Gasteiger partial charge in [-0.2, -0.15) is 5.06 Å². The van der Waals surface area contributed by atoms with Crippen molar-refractivity contribution in [2.75, 3.05) is 33.4 Å². The Bertz CT molecular complexity index is 596. The first-order valence-corrected chi connectivity index (χ1v) is 9.70. The molecule has 10 atom stereocenters. The first-order valence-electron chi connectivity index (χ1n) is 9.70. The van der Waals surface area contributed by atoms with Crippen molar-refractivity contribution in [1.29, 1.82) is 0 Å². The van der Waals surface area contributed by atoms with Crippen LogP contribution in [0.1, 0.15) is 6.42 Å². The second-order valence-electron chi connectivity index (χ2n) is 7.16. The Labute approximate surface area is 177 Å². The van der Waals surface area contributed by atoms with Crippen molar-refractivity contribution in [2.45, 2.75) is 67.8 Å². The van der Waals surface area contributed by atoms with Crippen LogP contribution in [0.4, 0.5) is 0 Å². The number of aliphatic hydroxyl groups excluding tert-OH is 7. The second-order valence-corrected chi connectivity index (χ2v) is 7.16. The third-order valence-corrected chi connectivity index (χ3v) is 5.20.